The van der Waals surface area contributed by atoms with Crippen LogP contribution < -0.4 is 10.6 Å². The van der Waals surface area contributed by atoms with Gasteiger partial charge in [0, 0.05) is 11.1 Å². The summed E-state index contributed by atoms with van der Waals surface area (Å²) in [6, 6.07) is 10.6. The zero-order valence-corrected chi connectivity index (χ0v) is 14.6. The fourth-order valence-corrected chi connectivity index (χ4v) is 2.82. The molecule has 0 fully saturated rings. The third-order valence-electron chi connectivity index (χ3n) is 3.88. The first-order chi connectivity index (χ1) is 10.2. The van der Waals surface area contributed by atoms with Crippen molar-refractivity contribution in [2.45, 2.75) is 46.6 Å². The number of nitriles is 1. The van der Waals surface area contributed by atoms with E-state index in [-0.39, 0.29) is 11.5 Å². The molecular weight excluding hydrogens is 290 g/mol. The van der Waals surface area contributed by atoms with Crippen molar-refractivity contribution in [1.82, 2.24) is 10.6 Å². The van der Waals surface area contributed by atoms with Crippen LogP contribution in [0.2, 0.25) is 0 Å². The van der Waals surface area contributed by atoms with Crippen LogP contribution in [0.3, 0.4) is 0 Å². The fraction of sp³-hybridized carbons (Fsp3) is 0.444. The van der Waals surface area contributed by atoms with Gasteiger partial charge in [0.05, 0.1) is 17.7 Å². The quantitative estimate of drug-likeness (QED) is 0.805. The average molecular weight is 313 g/mol. The lowest BCUT2D eigenvalue weighted by Gasteiger charge is -2.35. The zero-order chi connectivity index (χ0) is 16.5. The molecule has 0 saturated carbocycles. The molecular formula is C18H23N3S. The highest BCUT2D eigenvalue weighted by Gasteiger charge is 2.32. The van der Waals surface area contributed by atoms with Gasteiger partial charge in [0.2, 0.25) is 0 Å². The van der Waals surface area contributed by atoms with Crippen LogP contribution in [0.25, 0.3) is 0 Å². The van der Waals surface area contributed by atoms with Gasteiger partial charge in [-0.25, -0.2) is 0 Å². The Morgan fingerprint density at radius 1 is 1.18 bits per heavy atom. The number of allylic oxidation sites excluding steroid dienone is 1. The molecule has 1 atom stereocenters. The Morgan fingerprint density at radius 3 is 2.23 bits per heavy atom. The van der Waals surface area contributed by atoms with E-state index in [2.05, 4.69) is 75.6 Å². The van der Waals surface area contributed by atoms with Gasteiger partial charge in [-0.15, -0.1) is 0 Å². The normalized spacial score (nSPS) is 18.8. The molecule has 1 aromatic rings. The maximum absolute atomic E-state index is 9.65. The van der Waals surface area contributed by atoms with Gasteiger partial charge in [0.25, 0.3) is 0 Å². The summed E-state index contributed by atoms with van der Waals surface area (Å²) in [5.41, 5.74) is 3.80. The molecule has 0 unspecified atom stereocenters. The Morgan fingerprint density at radius 2 is 1.77 bits per heavy atom. The van der Waals surface area contributed by atoms with Crippen molar-refractivity contribution in [3.8, 4) is 6.07 Å². The molecule has 1 aromatic carbocycles. The highest BCUT2D eigenvalue weighted by molar-refractivity contribution is 7.80. The van der Waals surface area contributed by atoms with Gasteiger partial charge in [-0.2, -0.15) is 5.26 Å². The zero-order valence-electron chi connectivity index (χ0n) is 13.8. The van der Waals surface area contributed by atoms with Crippen LogP contribution in [0.4, 0.5) is 0 Å². The van der Waals surface area contributed by atoms with Crippen molar-refractivity contribution < 1.29 is 0 Å². The Labute approximate surface area is 138 Å². The fourth-order valence-electron chi connectivity index (χ4n) is 2.60. The van der Waals surface area contributed by atoms with E-state index in [4.69, 9.17) is 12.2 Å². The lowest BCUT2D eigenvalue weighted by atomic mass is 9.84. The van der Waals surface area contributed by atoms with E-state index in [0.29, 0.717) is 16.6 Å². The van der Waals surface area contributed by atoms with Crippen LogP contribution in [-0.2, 0) is 0 Å². The monoisotopic (exact) mass is 313 g/mol. The first-order valence-electron chi connectivity index (χ1n) is 7.56. The molecule has 0 aromatic heterocycles. The molecule has 1 aliphatic heterocycles. The van der Waals surface area contributed by atoms with Gasteiger partial charge < -0.3 is 10.6 Å². The van der Waals surface area contributed by atoms with Gasteiger partial charge in [-0.05, 0) is 29.3 Å². The molecule has 4 heteroatoms. The third kappa shape index (κ3) is 3.31. The van der Waals surface area contributed by atoms with E-state index in [1.807, 2.05) is 0 Å². The number of nitrogens with one attached hydrogen (secondary N) is 2. The minimum absolute atomic E-state index is 0.159. The molecule has 0 saturated heterocycles. The summed E-state index contributed by atoms with van der Waals surface area (Å²) < 4.78 is 0. The van der Waals surface area contributed by atoms with Gasteiger partial charge in [0.1, 0.15) is 0 Å². The van der Waals surface area contributed by atoms with Gasteiger partial charge in [-0.3, -0.25) is 0 Å². The molecule has 2 rings (SSSR count). The summed E-state index contributed by atoms with van der Waals surface area (Å²) >= 11 is 5.33. The maximum Gasteiger partial charge on any atom is 0.171 e. The Balaban J connectivity index is 2.48. The van der Waals surface area contributed by atoms with E-state index < -0.39 is 0 Å². The average Bonchev–Trinajstić information content (AvgIpc) is 2.45. The second-order valence-corrected chi connectivity index (χ2v) is 7.41. The molecule has 0 spiro atoms. The highest BCUT2D eigenvalue weighted by atomic mass is 32.1. The van der Waals surface area contributed by atoms with Crippen molar-refractivity contribution in [1.29, 1.82) is 5.26 Å². The SMILES string of the molecule is CC(C)c1ccc([C@H]2NC(=S)NC(C(C)(C)C)=C2C#N)cc1. The highest BCUT2D eigenvalue weighted by Crippen LogP contribution is 2.34. The second-order valence-electron chi connectivity index (χ2n) is 7.00. The van der Waals surface area contributed by atoms with Crippen LogP contribution in [0.5, 0.6) is 0 Å². The van der Waals surface area contributed by atoms with Gasteiger partial charge >= 0.3 is 0 Å². The summed E-state index contributed by atoms with van der Waals surface area (Å²) in [5.74, 6) is 0.493. The van der Waals surface area contributed by atoms with Crippen LogP contribution in [0.15, 0.2) is 35.5 Å². The van der Waals surface area contributed by atoms with Crippen LogP contribution >= 0.6 is 12.2 Å². The first kappa shape index (κ1) is 16.5. The van der Waals surface area contributed by atoms with Crippen LogP contribution in [-0.4, -0.2) is 5.11 Å². The summed E-state index contributed by atoms with van der Waals surface area (Å²) in [7, 11) is 0. The number of thiocarbonyl (C=S) groups is 1. The number of benzene rings is 1. The van der Waals surface area contributed by atoms with Crippen molar-refractivity contribution in [3.05, 3.63) is 46.7 Å². The number of rotatable bonds is 2. The van der Waals surface area contributed by atoms with Crippen molar-refractivity contribution >= 4 is 17.3 Å². The second kappa shape index (κ2) is 6.10. The van der Waals surface area contributed by atoms with E-state index in [1.165, 1.54) is 5.56 Å². The molecule has 2 N–H and O–H groups in total. The predicted molar refractivity (Wildman–Crippen MR) is 94.2 cm³/mol. The molecule has 0 amide bonds. The topological polar surface area (TPSA) is 47.8 Å². The smallest absolute Gasteiger partial charge is 0.171 e. The first-order valence-corrected chi connectivity index (χ1v) is 7.97. The number of hydrogen-bond donors (Lipinski definition) is 2. The molecule has 0 bridgehead atoms. The summed E-state index contributed by atoms with van der Waals surface area (Å²) in [4.78, 5) is 0. The summed E-state index contributed by atoms with van der Waals surface area (Å²) in [5, 5.41) is 16.6. The largest absolute Gasteiger partial charge is 0.351 e. The van der Waals surface area contributed by atoms with E-state index in [1.54, 1.807) is 0 Å². The number of hydrogen-bond acceptors (Lipinski definition) is 2. The van der Waals surface area contributed by atoms with Crippen molar-refractivity contribution in [2.24, 2.45) is 5.41 Å². The molecule has 116 valence electrons. The van der Waals surface area contributed by atoms with E-state index >= 15 is 0 Å². The van der Waals surface area contributed by atoms with E-state index in [0.717, 1.165) is 11.3 Å². The van der Waals surface area contributed by atoms with Gasteiger partial charge in [-0.1, -0.05) is 58.9 Å². The van der Waals surface area contributed by atoms with Crippen LogP contribution in [0.1, 0.15) is 57.7 Å². The standard InChI is InChI=1S/C18H23N3S/c1-11(2)12-6-8-13(9-7-12)15-14(10-19)16(18(3,4)5)21-17(22)20-15/h6-9,11,15H,1-5H3,(H2,20,21,22)/t15-/m1/s1. The lowest BCUT2D eigenvalue weighted by molar-refractivity contribution is 0.462. The van der Waals surface area contributed by atoms with Gasteiger partial charge in [0.15, 0.2) is 5.11 Å². The Hall–Kier alpha value is -1.86. The maximum atomic E-state index is 9.65. The minimum atomic E-state index is -0.186. The lowest BCUT2D eigenvalue weighted by Crippen LogP contribution is -2.46. The number of nitrogens with zero attached hydrogens (tertiary/aromatic N) is 1. The Kier molecular flexibility index (Phi) is 4.58. The van der Waals surface area contributed by atoms with Crippen molar-refractivity contribution in [3.63, 3.8) is 0 Å². The molecule has 22 heavy (non-hydrogen) atoms. The summed E-state index contributed by atoms with van der Waals surface area (Å²) in [6.07, 6.45) is 0. The Bertz CT molecular complexity index is 642. The predicted octanol–water partition coefficient (Wildman–Crippen LogP) is 4.15. The molecule has 0 radical (unpaired) electrons. The molecule has 0 aliphatic carbocycles. The minimum Gasteiger partial charge on any atom is -0.351 e. The van der Waals surface area contributed by atoms with Crippen molar-refractivity contribution in [2.75, 3.05) is 0 Å². The third-order valence-corrected chi connectivity index (χ3v) is 4.10. The summed E-state index contributed by atoms with van der Waals surface area (Å²) in [6.45, 7) is 10.6. The van der Waals surface area contributed by atoms with E-state index in [9.17, 15) is 5.26 Å². The molecule has 1 heterocycles. The molecule has 3 nitrogen and oxygen atoms in total. The molecule has 1 aliphatic rings. The van der Waals surface area contributed by atoms with Crippen LogP contribution in [0, 0.1) is 16.7 Å².